The van der Waals surface area contributed by atoms with Gasteiger partial charge in [-0.15, -0.1) is 0 Å². The van der Waals surface area contributed by atoms with Crippen molar-refractivity contribution in [1.82, 2.24) is 20.0 Å². The molecule has 1 aliphatic rings. The third-order valence-corrected chi connectivity index (χ3v) is 4.63. The lowest BCUT2D eigenvalue weighted by Crippen LogP contribution is -2.53. The van der Waals surface area contributed by atoms with Crippen LogP contribution >= 0.6 is 0 Å². The van der Waals surface area contributed by atoms with Crippen LogP contribution in [-0.2, 0) is 0 Å². The summed E-state index contributed by atoms with van der Waals surface area (Å²) in [6.45, 7) is 2.13. The van der Waals surface area contributed by atoms with E-state index in [4.69, 9.17) is 4.74 Å². The summed E-state index contributed by atoms with van der Waals surface area (Å²) in [5, 5.41) is 2.96. The Bertz CT molecular complexity index is 561. The first kappa shape index (κ1) is 20.4. The number of piperazine rings is 1. The van der Waals surface area contributed by atoms with Crippen LogP contribution < -0.4 is 10.1 Å². The predicted molar refractivity (Wildman–Crippen MR) is 96.8 cm³/mol. The molecule has 0 bridgehead atoms. The third-order valence-electron chi connectivity index (χ3n) is 4.63. The lowest BCUT2D eigenvalue weighted by molar-refractivity contribution is 0.0634. The van der Waals surface area contributed by atoms with Crippen molar-refractivity contribution in [2.45, 2.75) is 12.5 Å². The third kappa shape index (κ3) is 5.81. The fourth-order valence-corrected chi connectivity index (χ4v) is 3.05. The van der Waals surface area contributed by atoms with Crippen LogP contribution in [0.4, 0.5) is 13.6 Å². The molecule has 8 heteroatoms. The van der Waals surface area contributed by atoms with Gasteiger partial charge in [-0.3, -0.25) is 4.90 Å². The molecule has 1 atom stereocenters. The van der Waals surface area contributed by atoms with E-state index in [1.54, 1.807) is 16.9 Å². The molecular formula is C18H28F2N4O2. The van der Waals surface area contributed by atoms with E-state index in [0.29, 0.717) is 32.7 Å². The number of halogens is 2. The Kier molecular flexibility index (Phi) is 7.59. The number of urea groups is 1. The molecule has 0 spiro atoms. The maximum Gasteiger partial charge on any atom is 0.317 e. The molecule has 1 fully saturated rings. The topological polar surface area (TPSA) is 48.1 Å². The first-order valence-corrected chi connectivity index (χ1v) is 8.74. The van der Waals surface area contributed by atoms with E-state index < -0.39 is 6.43 Å². The highest BCUT2D eigenvalue weighted by atomic mass is 19.3. The molecular weight excluding hydrogens is 342 g/mol. The van der Waals surface area contributed by atoms with Crippen LogP contribution in [0.5, 0.6) is 5.75 Å². The number of hydrogen-bond donors (Lipinski definition) is 1. The van der Waals surface area contributed by atoms with Crippen LogP contribution in [0.25, 0.3) is 0 Å². The monoisotopic (exact) mass is 370 g/mol. The van der Waals surface area contributed by atoms with E-state index in [1.165, 1.54) is 0 Å². The SMILES string of the molecule is COc1ccc(C(CNC(=O)N2CCN(CC(F)F)CC2)N(C)C)cc1. The van der Waals surface area contributed by atoms with Crippen LogP contribution in [0, 0.1) is 0 Å². The first-order chi connectivity index (χ1) is 12.4. The molecule has 0 saturated carbocycles. The minimum Gasteiger partial charge on any atom is -0.497 e. The lowest BCUT2D eigenvalue weighted by atomic mass is 10.1. The quantitative estimate of drug-likeness (QED) is 0.796. The minimum absolute atomic E-state index is 0.0324. The molecule has 26 heavy (non-hydrogen) atoms. The van der Waals surface area contributed by atoms with Crippen molar-refractivity contribution >= 4 is 6.03 Å². The molecule has 1 unspecified atom stereocenters. The van der Waals surface area contributed by atoms with Gasteiger partial charge in [0.25, 0.3) is 6.43 Å². The Morgan fingerprint density at radius 2 is 1.81 bits per heavy atom. The van der Waals surface area contributed by atoms with E-state index in [1.807, 2.05) is 43.3 Å². The zero-order valence-corrected chi connectivity index (χ0v) is 15.6. The van der Waals surface area contributed by atoms with Crippen molar-refractivity contribution in [3.63, 3.8) is 0 Å². The fourth-order valence-electron chi connectivity index (χ4n) is 3.05. The van der Waals surface area contributed by atoms with Gasteiger partial charge in [0.1, 0.15) is 5.75 Å². The van der Waals surface area contributed by atoms with E-state index in [-0.39, 0.29) is 18.6 Å². The predicted octanol–water partition coefficient (Wildman–Crippen LogP) is 1.89. The van der Waals surface area contributed by atoms with Crippen molar-refractivity contribution in [2.24, 2.45) is 0 Å². The number of carbonyl (C=O) groups excluding carboxylic acids is 1. The summed E-state index contributed by atoms with van der Waals surface area (Å²) in [4.78, 5) is 17.8. The second-order valence-electron chi connectivity index (χ2n) is 6.62. The van der Waals surface area contributed by atoms with Gasteiger partial charge in [0, 0.05) is 32.7 Å². The van der Waals surface area contributed by atoms with Crippen molar-refractivity contribution in [3.8, 4) is 5.75 Å². The van der Waals surface area contributed by atoms with Gasteiger partial charge < -0.3 is 19.9 Å². The summed E-state index contributed by atoms with van der Waals surface area (Å²) in [6.07, 6.45) is -2.33. The minimum atomic E-state index is -2.33. The maximum absolute atomic E-state index is 12.4. The summed E-state index contributed by atoms with van der Waals surface area (Å²) in [5.41, 5.74) is 1.08. The molecule has 1 heterocycles. The molecule has 1 aliphatic heterocycles. The van der Waals surface area contributed by atoms with Gasteiger partial charge >= 0.3 is 6.03 Å². The number of carbonyl (C=O) groups is 1. The summed E-state index contributed by atoms with van der Waals surface area (Å²) >= 11 is 0. The number of benzene rings is 1. The van der Waals surface area contributed by atoms with Crippen molar-refractivity contribution in [1.29, 1.82) is 0 Å². The number of nitrogens with zero attached hydrogens (tertiary/aromatic N) is 3. The van der Waals surface area contributed by atoms with Crippen molar-refractivity contribution in [2.75, 3.05) is 60.5 Å². The number of nitrogens with one attached hydrogen (secondary N) is 1. The number of hydrogen-bond acceptors (Lipinski definition) is 4. The summed E-state index contributed by atoms with van der Waals surface area (Å²) in [5.74, 6) is 0.789. The van der Waals surface area contributed by atoms with Gasteiger partial charge in [-0.2, -0.15) is 0 Å². The number of methoxy groups -OCH3 is 1. The van der Waals surface area contributed by atoms with E-state index in [2.05, 4.69) is 5.32 Å². The number of alkyl halides is 2. The molecule has 1 aromatic rings. The number of rotatable bonds is 7. The fraction of sp³-hybridized carbons (Fsp3) is 0.611. The van der Waals surface area contributed by atoms with Gasteiger partial charge in [-0.1, -0.05) is 12.1 Å². The Morgan fingerprint density at radius 3 is 2.31 bits per heavy atom. The smallest absolute Gasteiger partial charge is 0.317 e. The highest BCUT2D eigenvalue weighted by molar-refractivity contribution is 5.74. The summed E-state index contributed by atoms with van der Waals surface area (Å²) < 4.78 is 30.0. The second kappa shape index (κ2) is 9.68. The highest BCUT2D eigenvalue weighted by Gasteiger charge is 2.24. The number of likely N-dealkylation sites (N-methyl/N-ethyl adjacent to an activating group) is 1. The van der Waals surface area contributed by atoms with E-state index >= 15 is 0 Å². The Labute approximate surface area is 153 Å². The van der Waals surface area contributed by atoms with Crippen LogP contribution in [0.3, 0.4) is 0 Å². The Hall–Kier alpha value is -1.93. The molecule has 146 valence electrons. The van der Waals surface area contributed by atoms with Crippen LogP contribution in [-0.4, -0.2) is 87.6 Å². The Morgan fingerprint density at radius 1 is 1.19 bits per heavy atom. The summed E-state index contributed by atoms with van der Waals surface area (Å²) in [6, 6.07) is 7.65. The molecule has 2 amide bonds. The van der Waals surface area contributed by atoms with Gasteiger partial charge in [-0.25, -0.2) is 13.6 Å². The largest absolute Gasteiger partial charge is 0.497 e. The molecule has 1 aromatic carbocycles. The average Bonchev–Trinajstić information content (AvgIpc) is 2.62. The molecule has 2 rings (SSSR count). The number of amides is 2. The van der Waals surface area contributed by atoms with Crippen molar-refractivity contribution in [3.05, 3.63) is 29.8 Å². The van der Waals surface area contributed by atoms with Crippen LogP contribution in [0.2, 0.25) is 0 Å². The van der Waals surface area contributed by atoms with Gasteiger partial charge in [0.15, 0.2) is 0 Å². The normalized spacial score (nSPS) is 16.8. The highest BCUT2D eigenvalue weighted by Crippen LogP contribution is 2.20. The van der Waals surface area contributed by atoms with E-state index in [9.17, 15) is 13.6 Å². The van der Waals surface area contributed by atoms with Gasteiger partial charge in [0.05, 0.1) is 19.7 Å². The molecule has 1 saturated heterocycles. The molecule has 0 aromatic heterocycles. The Balaban J connectivity index is 1.85. The molecule has 1 N–H and O–H groups in total. The lowest BCUT2D eigenvalue weighted by Gasteiger charge is -2.35. The van der Waals surface area contributed by atoms with Crippen LogP contribution in [0.1, 0.15) is 11.6 Å². The zero-order chi connectivity index (χ0) is 19.1. The molecule has 0 aliphatic carbocycles. The van der Waals surface area contributed by atoms with Gasteiger partial charge in [-0.05, 0) is 31.8 Å². The number of ether oxygens (including phenoxy) is 1. The van der Waals surface area contributed by atoms with Gasteiger partial charge in [0.2, 0.25) is 0 Å². The second-order valence-corrected chi connectivity index (χ2v) is 6.62. The summed E-state index contributed by atoms with van der Waals surface area (Å²) in [7, 11) is 5.55. The van der Waals surface area contributed by atoms with E-state index in [0.717, 1.165) is 11.3 Å². The van der Waals surface area contributed by atoms with Crippen LogP contribution in [0.15, 0.2) is 24.3 Å². The van der Waals surface area contributed by atoms with Crippen molar-refractivity contribution < 1.29 is 18.3 Å². The maximum atomic E-state index is 12.4. The first-order valence-electron chi connectivity index (χ1n) is 8.74. The molecule has 6 nitrogen and oxygen atoms in total. The molecule has 0 radical (unpaired) electrons. The average molecular weight is 370 g/mol. The zero-order valence-electron chi connectivity index (χ0n) is 15.6. The standard InChI is InChI=1S/C18H28F2N4O2/c1-22(2)16(14-4-6-15(26-3)7-5-14)12-21-18(25)24-10-8-23(9-11-24)13-17(19)20/h4-7,16-17H,8-13H2,1-3H3,(H,21,25).